The van der Waals surface area contributed by atoms with Crippen LogP contribution in [0.25, 0.3) is 10.9 Å². The number of hydrogen-bond donors (Lipinski definition) is 1. The molecule has 0 aliphatic carbocycles. The minimum absolute atomic E-state index is 0.557. The Morgan fingerprint density at radius 1 is 1.18 bits per heavy atom. The van der Waals surface area contributed by atoms with Gasteiger partial charge in [-0.25, -0.2) is 4.98 Å². The number of H-pyrrole nitrogens is 1. The first-order valence-corrected chi connectivity index (χ1v) is 10.1. The molecule has 3 fully saturated rings. The van der Waals surface area contributed by atoms with Crippen molar-refractivity contribution in [1.82, 2.24) is 19.9 Å². The molecule has 0 saturated carbocycles. The van der Waals surface area contributed by atoms with Crippen molar-refractivity contribution in [2.45, 2.75) is 32.4 Å². The van der Waals surface area contributed by atoms with Gasteiger partial charge in [0.2, 0.25) is 0 Å². The molecular formula is C22H27N5O. The quantitative estimate of drug-likeness (QED) is 0.755. The van der Waals surface area contributed by atoms with Crippen LogP contribution in [0.1, 0.15) is 24.1 Å². The molecule has 0 spiro atoms. The third-order valence-corrected chi connectivity index (χ3v) is 6.43. The number of aromatic nitrogens is 3. The van der Waals surface area contributed by atoms with Crippen molar-refractivity contribution in [3.63, 3.8) is 0 Å². The van der Waals surface area contributed by atoms with Crippen molar-refractivity contribution in [3.05, 3.63) is 48.0 Å². The lowest BCUT2D eigenvalue weighted by Crippen LogP contribution is -2.43. The van der Waals surface area contributed by atoms with Crippen LogP contribution in [0.5, 0.6) is 5.75 Å². The number of nitrogens with one attached hydrogen (secondary N) is 1. The average Bonchev–Trinajstić information content (AvgIpc) is 2.89. The number of hydrogen-bond acceptors (Lipinski definition) is 5. The number of methoxy groups -OCH3 is 1. The number of benzene rings is 1. The highest BCUT2D eigenvalue weighted by atomic mass is 16.5. The SMILES string of the molecule is COc1ccc2[nH]c(CN3C[C@H]4CC[C@@H]3CN(c3cnccn3)C4)c(C)c2c1. The van der Waals surface area contributed by atoms with Crippen LogP contribution in [0.15, 0.2) is 36.8 Å². The van der Waals surface area contributed by atoms with Crippen molar-refractivity contribution >= 4 is 16.7 Å². The molecule has 0 unspecified atom stereocenters. The summed E-state index contributed by atoms with van der Waals surface area (Å²) in [6.07, 6.45) is 8.00. The summed E-state index contributed by atoms with van der Waals surface area (Å²) in [6.45, 7) is 6.45. The molecule has 2 aromatic heterocycles. The number of rotatable bonds is 4. The third kappa shape index (κ3) is 3.11. The van der Waals surface area contributed by atoms with E-state index in [9.17, 15) is 0 Å². The molecule has 1 aromatic carbocycles. The Labute approximate surface area is 165 Å². The lowest BCUT2D eigenvalue weighted by atomic mass is 9.94. The van der Waals surface area contributed by atoms with Crippen LogP contribution in [-0.2, 0) is 6.54 Å². The van der Waals surface area contributed by atoms with Crippen LogP contribution in [0.4, 0.5) is 5.82 Å². The second-order valence-corrected chi connectivity index (χ2v) is 8.14. The molecule has 6 heteroatoms. The molecule has 2 bridgehead atoms. The largest absolute Gasteiger partial charge is 0.497 e. The highest BCUT2D eigenvalue weighted by Gasteiger charge is 2.35. The number of aryl methyl sites for hydroxylation is 1. The van der Waals surface area contributed by atoms with E-state index in [1.807, 2.05) is 12.3 Å². The maximum atomic E-state index is 5.41. The molecule has 146 valence electrons. The zero-order valence-electron chi connectivity index (χ0n) is 16.6. The van der Waals surface area contributed by atoms with Gasteiger partial charge in [-0.15, -0.1) is 0 Å². The lowest BCUT2D eigenvalue weighted by molar-refractivity contribution is 0.125. The number of aromatic amines is 1. The average molecular weight is 377 g/mol. The molecule has 0 radical (unpaired) electrons. The van der Waals surface area contributed by atoms with Crippen LogP contribution in [0.2, 0.25) is 0 Å². The first-order valence-electron chi connectivity index (χ1n) is 10.1. The summed E-state index contributed by atoms with van der Waals surface area (Å²) in [7, 11) is 1.72. The molecule has 3 aliphatic heterocycles. The number of anilines is 1. The molecule has 5 heterocycles. The molecule has 28 heavy (non-hydrogen) atoms. The third-order valence-electron chi connectivity index (χ3n) is 6.43. The fourth-order valence-electron chi connectivity index (χ4n) is 4.86. The van der Waals surface area contributed by atoms with Gasteiger partial charge in [0.25, 0.3) is 0 Å². The predicted octanol–water partition coefficient (Wildman–Crippen LogP) is 3.38. The summed E-state index contributed by atoms with van der Waals surface area (Å²) in [4.78, 5) is 17.5. The highest BCUT2D eigenvalue weighted by Crippen LogP contribution is 2.32. The van der Waals surface area contributed by atoms with Crippen molar-refractivity contribution in [3.8, 4) is 5.75 Å². The highest BCUT2D eigenvalue weighted by molar-refractivity contribution is 5.85. The van der Waals surface area contributed by atoms with E-state index in [0.717, 1.165) is 37.7 Å². The number of fused-ring (bicyclic) bond motifs is 5. The van der Waals surface area contributed by atoms with Gasteiger partial charge in [-0.05, 0) is 49.4 Å². The molecule has 1 N–H and O–H groups in total. The van der Waals surface area contributed by atoms with E-state index in [1.165, 1.54) is 35.0 Å². The molecule has 6 rings (SSSR count). The van der Waals surface area contributed by atoms with Gasteiger partial charge < -0.3 is 14.6 Å². The Morgan fingerprint density at radius 3 is 2.93 bits per heavy atom. The molecule has 0 amide bonds. The Hall–Kier alpha value is -2.60. The van der Waals surface area contributed by atoms with E-state index in [-0.39, 0.29) is 0 Å². The van der Waals surface area contributed by atoms with Crippen LogP contribution >= 0.6 is 0 Å². The minimum atomic E-state index is 0.557. The summed E-state index contributed by atoms with van der Waals surface area (Å²) in [5, 5.41) is 1.26. The van der Waals surface area contributed by atoms with Gasteiger partial charge in [-0.2, -0.15) is 0 Å². The summed E-state index contributed by atoms with van der Waals surface area (Å²) < 4.78 is 5.41. The second kappa shape index (κ2) is 7.09. The first-order chi connectivity index (χ1) is 13.7. The maximum absolute atomic E-state index is 5.41. The summed E-state index contributed by atoms with van der Waals surface area (Å²) in [5.74, 6) is 2.61. The van der Waals surface area contributed by atoms with E-state index in [2.05, 4.69) is 43.8 Å². The van der Waals surface area contributed by atoms with Gasteiger partial charge in [-0.3, -0.25) is 9.88 Å². The molecule has 3 aliphatic rings. The van der Waals surface area contributed by atoms with E-state index < -0.39 is 0 Å². The van der Waals surface area contributed by atoms with E-state index in [0.29, 0.717) is 12.0 Å². The maximum Gasteiger partial charge on any atom is 0.147 e. The van der Waals surface area contributed by atoms with Gasteiger partial charge in [0.05, 0.1) is 13.3 Å². The van der Waals surface area contributed by atoms with Crippen molar-refractivity contribution in [1.29, 1.82) is 0 Å². The van der Waals surface area contributed by atoms with Crippen molar-refractivity contribution in [2.24, 2.45) is 5.92 Å². The number of nitrogens with zero attached hydrogens (tertiary/aromatic N) is 4. The molecule has 2 atom stereocenters. The molecule has 6 nitrogen and oxygen atoms in total. The fraction of sp³-hybridized carbons (Fsp3) is 0.455. The zero-order valence-corrected chi connectivity index (χ0v) is 16.6. The van der Waals surface area contributed by atoms with Crippen molar-refractivity contribution in [2.75, 3.05) is 31.6 Å². The monoisotopic (exact) mass is 377 g/mol. The summed E-state index contributed by atoms with van der Waals surface area (Å²) in [6, 6.07) is 6.83. The van der Waals surface area contributed by atoms with E-state index in [4.69, 9.17) is 4.74 Å². The van der Waals surface area contributed by atoms with Gasteiger partial charge in [-0.1, -0.05) is 0 Å². The standard InChI is InChI=1S/C22H27N5O/c1-15-19-9-18(28-2)5-6-20(19)25-21(15)14-26-11-16-3-4-17(26)13-27(12-16)22-10-23-7-8-24-22/h5-10,16-17,25H,3-4,11-14H2,1-2H3/t16-,17-/m1/s1. The smallest absolute Gasteiger partial charge is 0.147 e. The van der Waals surface area contributed by atoms with Gasteiger partial charge in [0, 0.05) is 61.2 Å². The van der Waals surface area contributed by atoms with Crippen LogP contribution in [0, 0.1) is 12.8 Å². The predicted molar refractivity (Wildman–Crippen MR) is 111 cm³/mol. The van der Waals surface area contributed by atoms with Crippen LogP contribution in [0.3, 0.4) is 0 Å². The summed E-state index contributed by atoms with van der Waals surface area (Å²) in [5.41, 5.74) is 3.84. The normalized spacial score (nSPS) is 22.6. The Balaban J connectivity index is 1.39. The Morgan fingerprint density at radius 2 is 2.11 bits per heavy atom. The van der Waals surface area contributed by atoms with Crippen LogP contribution < -0.4 is 9.64 Å². The molecular weight excluding hydrogens is 350 g/mol. The second-order valence-electron chi connectivity index (χ2n) is 8.14. The minimum Gasteiger partial charge on any atom is -0.497 e. The Bertz CT molecular complexity index is 970. The Kier molecular flexibility index (Phi) is 4.43. The van der Waals surface area contributed by atoms with Crippen molar-refractivity contribution < 1.29 is 4.74 Å². The number of piperidine rings is 1. The summed E-state index contributed by atoms with van der Waals surface area (Å²) >= 11 is 0. The number of ether oxygens (including phenoxy) is 1. The van der Waals surface area contributed by atoms with E-state index >= 15 is 0 Å². The van der Waals surface area contributed by atoms with Gasteiger partial charge >= 0.3 is 0 Å². The first kappa shape index (κ1) is 17.5. The van der Waals surface area contributed by atoms with Crippen LogP contribution in [-0.4, -0.2) is 52.6 Å². The fourth-order valence-corrected chi connectivity index (χ4v) is 4.86. The van der Waals surface area contributed by atoms with Gasteiger partial charge in [0.1, 0.15) is 11.6 Å². The van der Waals surface area contributed by atoms with E-state index in [1.54, 1.807) is 19.5 Å². The topological polar surface area (TPSA) is 57.3 Å². The molecule has 3 saturated heterocycles. The zero-order chi connectivity index (χ0) is 19.1. The molecule has 3 aromatic rings. The van der Waals surface area contributed by atoms with Gasteiger partial charge in [0.15, 0.2) is 0 Å². The lowest BCUT2D eigenvalue weighted by Gasteiger charge is -2.35.